The van der Waals surface area contributed by atoms with Crippen LogP contribution >= 0.6 is 0 Å². The van der Waals surface area contributed by atoms with E-state index in [1.807, 2.05) is 0 Å². The molecular formula is C12H20O2. The highest BCUT2D eigenvalue weighted by Gasteiger charge is 2.53. The van der Waals surface area contributed by atoms with Crippen molar-refractivity contribution in [2.75, 3.05) is 13.7 Å². The quantitative estimate of drug-likeness (QED) is 0.677. The highest BCUT2D eigenvalue weighted by atomic mass is 16.5. The van der Waals surface area contributed by atoms with Crippen LogP contribution in [0, 0.1) is 23.2 Å². The first-order valence-corrected chi connectivity index (χ1v) is 5.59. The van der Waals surface area contributed by atoms with Crippen LogP contribution in [-0.4, -0.2) is 19.5 Å². The maximum Gasteiger partial charge on any atom is 0.141 e. The summed E-state index contributed by atoms with van der Waals surface area (Å²) in [5, 5.41) is 0. The van der Waals surface area contributed by atoms with Crippen LogP contribution < -0.4 is 0 Å². The van der Waals surface area contributed by atoms with Crippen molar-refractivity contribution >= 4 is 5.78 Å². The van der Waals surface area contributed by atoms with Crippen molar-refractivity contribution in [2.24, 2.45) is 23.2 Å². The van der Waals surface area contributed by atoms with E-state index in [9.17, 15) is 4.79 Å². The van der Waals surface area contributed by atoms with Gasteiger partial charge in [-0.1, -0.05) is 13.8 Å². The van der Waals surface area contributed by atoms with E-state index < -0.39 is 0 Å². The molecule has 0 amide bonds. The van der Waals surface area contributed by atoms with Gasteiger partial charge in [0.1, 0.15) is 5.78 Å². The third-order valence-electron chi connectivity index (χ3n) is 4.20. The van der Waals surface area contributed by atoms with Gasteiger partial charge < -0.3 is 4.74 Å². The van der Waals surface area contributed by atoms with Crippen molar-refractivity contribution in [2.45, 2.75) is 33.1 Å². The maximum absolute atomic E-state index is 12.0. The van der Waals surface area contributed by atoms with Crippen molar-refractivity contribution in [3.63, 3.8) is 0 Å². The van der Waals surface area contributed by atoms with Gasteiger partial charge in [0, 0.05) is 18.9 Å². The predicted molar refractivity (Wildman–Crippen MR) is 55.0 cm³/mol. The SMILES string of the molecule is COC[C@H]1CC[C@H]2[C@H](CC2(C)C)C1=O. The summed E-state index contributed by atoms with van der Waals surface area (Å²) in [7, 11) is 1.68. The zero-order valence-electron chi connectivity index (χ0n) is 9.38. The van der Waals surface area contributed by atoms with Crippen LogP contribution in [0.3, 0.4) is 0 Å². The summed E-state index contributed by atoms with van der Waals surface area (Å²) in [6.07, 6.45) is 3.35. The molecule has 0 aromatic carbocycles. The second-order valence-corrected chi connectivity index (χ2v) is 5.54. The lowest BCUT2D eigenvalue weighted by Gasteiger charge is -2.54. The van der Waals surface area contributed by atoms with Crippen LogP contribution in [0.4, 0.5) is 0 Å². The highest BCUT2D eigenvalue weighted by Crippen LogP contribution is 2.56. The summed E-state index contributed by atoms with van der Waals surface area (Å²) >= 11 is 0. The molecule has 0 saturated heterocycles. The first-order valence-electron chi connectivity index (χ1n) is 5.59. The van der Waals surface area contributed by atoms with Gasteiger partial charge in [-0.2, -0.15) is 0 Å². The molecule has 0 heterocycles. The summed E-state index contributed by atoms with van der Waals surface area (Å²) in [5.41, 5.74) is 0.415. The van der Waals surface area contributed by atoms with Crippen LogP contribution in [0.25, 0.3) is 0 Å². The maximum atomic E-state index is 12.0. The number of Topliss-reactive ketones (excluding diaryl/α,β-unsaturated/α-hetero) is 1. The molecule has 80 valence electrons. The smallest absolute Gasteiger partial charge is 0.141 e. The first kappa shape index (κ1) is 10.2. The lowest BCUT2D eigenvalue weighted by Crippen LogP contribution is -2.52. The largest absolute Gasteiger partial charge is 0.384 e. The van der Waals surface area contributed by atoms with Crippen LogP contribution in [0.5, 0.6) is 0 Å². The van der Waals surface area contributed by atoms with Crippen molar-refractivity contribution in [1.82, 2.24) is 0 Å². The standard InChI is InChI=1S/C12H20O2/c1-12(2)6-9-10(12)5-4-8(7-14-3)11(9)13/h8-10H,4-7H2,1-3H3/t8-,9+,10+/m1/s1. The molecule has 0 aromatic heterocycles. The molecule has 0 N–H and O–H groups in total. The minimum absolute atomic E-state index is 0.192. The van der Waals surface area contributed by atoms with Crippen molar-refractivity contribution < 1.29 is 9.53 Å². The molecule has 2 heteroatoms. The number of ether oxygens (including phenoxy) is 1. The Kier molecular flexibility index (Phi) is 2.42. The van der Waals surface area contributed by atoms with E-state index in [-0.39, 0.29) is 5.92 Å². The summed E-state index contributed by atoms with van der Waals surface area (Å²) in [6, 6.07) is 0. The third kappa shape index (κ3) is 1.40. The molecule has 0 bridgehead atoms. The molecule has 0 spiro atoms. The zero-order valence-corrected chi connectivity index (χ0v) is 9.38. The Morgan fingerprint density at radius 3 is 2.71 bits per heavy atom. The molecule has 14 heavy (non-hydrogen) atoms. The number of hydrogen-bond acceptors (Lipinski definition) is 2. The number of hydrogen-bond donors (Lipinski definition) is 0. The normalized spacial score (nSPS) is 40.2. The van der Waals surface area contributed by atoms with Crippen LogP contribution in [0.2, 0.25) is 0 Å². The Labute approximate surface area is 86.0 Å². The summed E-state index contributed by atoms with van der Waals surface area (Å²) < 4.78 is 5.09. The molecule has 0 aliphatic heterocycles. The van der Waals surface area contributed by atoms with E-state index in [0.29, 0.717) is 29.6 Å². The second kappa shape index (κ2) is 3.34. The van der Waals surface area contributed by atoms with E-state index in [2.05, 4.69) is 13.8 Å². The van der Waals surface area contributed by atoms with Crippen LogP contribution in [0.1, 0.15) is 33.1 Å². The fraction of sp³-hybridized carbons (Fsp3) is 0.917. The van der Waals surface area contributed by atoms with Crippen molar-refractivity contribution in [3.8, 4) is 0 Å². The molecule has 0 unspecified atom stereocenters. The summed E-state index contributed by atoms with van der Waals surface area (Å²) in [4.78, 5) is 12.0. The van der Waals surface area contributed by atoms with E-state index >= 15 is 0 Å². The molecular weight excluding hydrogens is 176 g/mol. The Bertz CT molecular complexity index is 245. The Morgan fingerprint density at radius 1 is 1.43 bits per heavy atom. The molecule has 0 aromatic rings. The Morgan fingerprint density at radius 2 is 2.14 bits per heavy atom. The van der Waals surface area contributed by atoms with Gasteiger partial charge in [0.15, 0.2) is 0 Å². The number of rotatable bonds is 2. The van der Waals surface area contributed by atoms with E-state index in [1.54, 1.807) is 7.11 Å². The van der Waals surface area contributed by atoms with Gasteiger partial charge >= 0.3 is 0 Å². The summed E-state index contributed by atoms with van der Waals surface area (Å²) in [6.45, 7) is 5.21. The average Bonchev–Trinajstić information content (AvgIpc) is 2.11. The minimum atomic E-state index is 0.192. The minimum Gasteiger partial charge on any atom is -0.384 e. The van der Waals surface area contributed by atoms with Gasteiger partial charge in [0.2, 0.25) is 0 Å². The van der Waals surface area contributed by atoms with Crippen molar-refractivity contribution in [3.05, 3.63) is 0 Å². The monoisotopic (exact) mass is 196 g/mol. The fourth-order valence-electron chi connectivity index (χ4n) is 3.33. The number of methoxy groups -OCH3 is 1. The van der Waals surface area contributed by atoms with E-state index in [1.165, 1.54) is 6.42 Å². The number of carbonyl (C=O) groups is 1. The zero-order chi connectivity index (χ0) is 10.3. The van der Waals surface area contributed by atoms with Crippen LogP contribution in [0.15, 0.2) is 0 Å². The number of carbonyl (C=O) groups excluding carboxylic acids is 1. The molecule has 3 atom stereocenters. The van der Waals surface area contributed by atoms with E-state index in [4.69, 9.17) is 4.74 Å². The molecule has 2 nitrogen and oxygen atoms in total. The van der Waals surface area contributed by atoms with Gasteiger partial charge in [-0.25, -0.2) is 0 Å². The Hall–Kier alpha value is -0.370. The molecule has 0 radical (unpaired) electrons. The lowest BCUT2D eigenvalue weighted by molar-refractivity contribution is -0.150. The molecule has 2 aliphatic rings. The first-order chi connectivity index (χ1) is 6.56. The molecule has 2 saturated carbocycles. The predicted octanol–water partition coefficient (Wildman–Crippen LogP) is 2.27. The second-order valence-electron chi connectivity index (χ2n) is 5.54. The van der Waals surface area contributed by atoms with Gasteiger partial charge in [-0.15, -0.1) is 0 Å². The van der Waals surface area contributed by atoms with Gasteiger partial charge in [0.05, 0.1) is 6.61 Å². The molecule has 2 fully saturated rings. The Balaban J connectivity index is 2.01. The van der Waals surface area contributed by atoms with Gasteiger partial charge in [0.25, 0.3) is 0 Å². The van der Waals surface area contributed by atoms with Gasteiger partial charge in [-0.05, 0) is 30.6 Å². The van der Waals surface area contributed by atoms with Crippen molar-refractivity contribution in [1.29, 1.82) is 0 Å². The summed E-state index contributed by atoms with van der Waals surface area (Å²) in [5.74, 6) is 1.68. The van der Waals surface area contributed by atoms with Gasteiger partial charge in [-0.3, -0.25) is 4.79 Å². The topological polar surface area (TPSA) is 26.3 Å². The average molecular weight is 196 g/mol. The number of ketones is 1. The fourth-order valence-corrected chi connectivity index (χ4v) is 3.33. The molecule has 2 aliphatic carbocycles. The third-order valence-corrected chi connectivity index (χ3v) is 4.20. The molecule has 2 rings (SSSR count). The number of fused-ring (bicyclic) bond motifs is 1. The van der Waals surface area contributed by atoms with Crippen LogP contribution in [-0.2, 0) is 9.53 Å². The lowest BCUT2D eigenvalue weighted by atomic mass is 9.49. The van der Waals surface area contributed by atoms with E-state index in [0.717, 1.165) is 12.8 Å². The highest BCUT2D eigenvalue weighted by molar-refractivity contribution is 5.85.